The summed E-state index contributed by atoms with van der Waals surface area (Å²) >= 11 is 1.31. The van der Waals surface area contributed by atoms with Crippen molar-refractivity contribution in [3.63, 3.8) is 0 Å². The van der Waals surface area contributed by atoms with Gasteiger partial charge in [-0.05, 0) is 32.1 Å². The number of nitrogens with one attached hydrogen (secondary N) is 1. The van der Waals surface area contributed by atoms with Gasteiger partial charge in [-0.2, -0.15) is 0 Å². The Bertz CT molecular complexity index is 546. The largest absolute Gasteiger partial charge is 0.378 e. The van der Waals surface area contributed by atoms with Gasteiger partial charge >= 0.3 is 0 Å². The molecule has 126 valence electrons. The molecule has 2 amide bonds. The number of hydrogen-bond acceptors (Lipinski definition) is 6. The SMILES string of the molecule is COC1(CC(=O)N2CCC(C(=O)Nc3nncs3)CC2)CCC1. The second-order valence-electron chi connectivity index (χ2n) is 6.31. The normalized spacial score (nSPS) is 20.8. The maximum Gasteiger partial charge on any atom is 0.229 e. The minimum Gasteiger partial charge on any atom is -0.378 e. The van der Waals surface area contributed by atoms with Crippen LogP contribution in [0.5, 0.6) is 0 Å². The van der Waals surface area contributed by atoms with Crippen LogP contribution in [0, 0.1) is 5.92 Å². The van der Waals surface area contributed by atoms with Crippen LogP contribution < -0.4 is 5.32 Å². The van der Waals surface area contributed by atoms with Crippen molar-refractivity contribution >= 4 is 28.3 Å². The van der Waals surface area contributed by atoms with E-state index in [0.29, 0.717) is 37.5 Å². The van der Waals surface area contributed by atoms with Crippen molar-refractivity contribution in [3.8, 4) is 0 Å². The standard InChI is InChI=1S/C15H22N4O3S/c1-22-15(5-2-6-15)9-12(20)19-7-3-11(4-8-19)13(21)17-14-18-16-10-23-14/h10-11H,2-9H2,1H3,(H,17,18,21). The van der Waals surface area contributed by atoms with Crippen molar-refractivity contribution in [2.24, 2.45) is 5.92 Å². The van der Waals surface area contributed by atoms with E-state index in [1.54, 1.807) is 12.6 Å². The summed E-state index contributed by atoms with van der Waals surface area (Å²) < 4.78 is 5.53. The number of carbonyl (C=O) groups excluding carboxylic acids is 2. The summed E-state index contributed by atoms with van der Waals surface area (Å²) in [5.74, 6) is 0.0544. The zero-order chi connectivity index (χ0) is 16.3. The van der Waals surface area contributed by atoms with Crippen molar-refractivity contribution < 1.29 is 14.3 Å². The fourth-order valence-electron chi connectivity index (χ4n) is 3.24. The molecule has 1 aromatic rings. The monoisotopic (exact) mass is 338 g/mol. The van der Waals surface area contributed by atoms with Gasteiger partial charge in [0, 0.05) is 26.1 Å². The number of likely N-dealkylation sites (tertiary alicyclic amines) is 1. The quantitative estimate of drug-likeness (QED) is 0.883. The highest BCUT2D eigenvalue weighted by molar-refractivity contribution is 7.13. The molecule has 2 aliphatic rings. The van der Waals surface area contributed by atoms with E-state index < -0.39 is 0 Å². The van der Waals surface area contributed by atoms with E-state index in [1.807, 2.05) is 4.90 Å². The third-order valence-electron chi connectivity index (χ3n) is 4.98. The minimum absolute atomic E-state index is 0.0267. The minimum atomic E-state index is -0.233. The molecule has 1 saturated heterocycles. The van der Waals surface area contributed by atoms with Gasteiger partial charge in [0.15, 0.2) is 0 Å². The van der Waals surface area contributed by atoms with E-state index in [9.17, 15) is 9.59 Å². The number of carbonyl (C=O) groups is 2. The van der Waals surface area contributed by atoms with E-state index in [-0.39, 0.29) is 23.3 Å². The molecule has 0 spiro atoms. The fraction of sp³-hybridized carbons (Fsp3) is 0.733. The Kier molecular flexibility index (Phi) is 4.91. The van der Waals surface area contributed by atoms with Crippen LogP contribution >= 0.6 is 11.3 Å². The van der Waals surface area contributed by atoms with Crippen LogP contribution in [-0.4, -0.2) is 52.7 Å². The van der Waals surface area contributed by atoms with E-state index in [0.717, 1.165) is 19.3 Å². The summed E-state index contributed by atoms with van der Waals surface area (Å²) in [4.78, 5) is 26.5. The summed E-state index contributed by atoms with van der Waals surface area (Å²) in [5, 5.41) is 10.8. The van der Waals surface area contributed by atoms with Gasteiger partial charge in [-0.3, -0.25) is 9.59 Å². The summed E-state index contributed by atoms with van der Waals surface area (Å²) in [6.07, 6.45) is 4.92. The number of rotatable bonds is 5. The van der Waals surface area contributed by atoms with Gasteiger partial charge in [0.1, 0.15) is 5.51 Å². The molecule has 7 nitrogen and oxygen atoms in total. The number of nitrogens with zero attached hydrogens (tertiary/aromatic N) is 3. The first-order valence-electron chi connectivity index (χ1n) is 8.02. The van der Waals surface area contributed by atoms with Gasteiger partial charge < -0.3 is 15.0 Å². The first-order valence-corrected chi connectivity index (χ1v) is 8.90. The Morgan fingerprint density at radius 3 is 2.70 bits per heavy atom. The lowest BCUT2D eigenvalue weighted by Gasteiger charge is -2.42. The number of ether oxygens (including phenoxy) is 1. The van der Waals surface area contributed by atoms with Crippen LogP contribution in [0.25, 0.3) is 0 Å². The lowest BCUT2D eigenvalue weighted by molar-refractivity contribution is -0.146. The molecular formula is C15H22N4O3S. The molecule has 0 bridgehead atoms. The summed E-state index contributed by atoms with van der Waals surface area (Å²) in [6.45, 7) is 1.26. The number of piperidine rings is 1. The van der Waals surface area contributed by atoms with Gasteiger partial charge in [0.05, 0.1) is 12.0 Å². The van der Waals surface area contributed by atoms with Crippen molar-refractivity contribution in [1.82, 2.24) is 15.1 Å². The first kappa shape index (κ1) is 16.3. The maximum atomic E-state index is 12.4. The van der Waals surface area contributed by atoms with E-state index >= 15 is 0 Å². The zero-order valence-electron chi connectivity index (χ0n) is 13.3. The average molecular weight is 338 g/mol. The Morgan fingerprint density at radius 2 is 2.17 bits per heavy atom. The first-order chi connectivity index (χ1) is 11.1. The Labute approximate surface area is 139 Å². The molecule has 0 atom stereocenters. The summed E-state index contributed by atoms with van der Waals surface area (Å²) in [7, 11) is 1.69. The van der Waals surface area contributed by atoms with Gasteiger partial charge in [-0.15, -0.1) is 10.2 Å². The molecule has 1 saturated carbocycles. The van der Waals surface area contributed by atoms with E-state index in [4.69, 9.17) is 4.74 Å². The molecule has 0 radical (unpaired) electrons. The second kappa shape index (κ2) is 6.92. The van der Waals surface area contributed by atoms with Crippen molar-refractivity contribution in [3.05, 3.63) is 5.51 Å². The smallest absolute Gasteiger partial charge is 0.229 e. The predicted octanol–water partition coefficient (Wildman–Crippen LogP) is 1.67. The lowest BCUT2D eigenvalue weighted by Crippen LogP contribution is -2.47. The van der Waals surface area contributed by atoms with Crippen LogP contribution in [0.3, 0.4) is 0 Å². The predicted molar refractivity (Wildman–Crippen MR) is 86.1 cm³/mol. The number of anilines is 1. The van der Waals surface area contributed by atoms with E-state index in [1.165, 1.54) is 11.3 Å². The van der Waals surface area contributed by atoms with Crippen LogP contribution in [0.2, 0.25) is 0 Å². The van der Waals surface area contributed by atoms with Crippen LogP contribution in [0.4, 0.5) is 5.13 Å². The van der Waals surface area contributed by atoms with Gasteiger partial charge in [-0.1, -0.05) is 11.3 Å². The van der Waals surface area contributed by atoms with Crippen molar-refractivity contribution in [2.75, 3.05) is 25.5 Å². The highest BCUT2D eigenvalue weighted by Crippen LogP contribution is 2.38. The topological polar surface area (TPSA) is 84.4 Å². The average Bonchev–Trinajstić information content (AvgIpc) is 3.04. The third kappa shape index (κ3) is 3.69. The zero-order valence-corrected chi connectivity index (χ0v) is 14.1. The fourth-order valence-corrected chi connectivity index (χ4v) is 3.69. The molecule has 3 rings (SSSR count). The molecule has 1 aliphatic heterocycles. The molecule has 8 heteroatoms. The maximum absolute atomic E-state index is 12.4. The second-order valence-corrected chi connectivity index (χ2v) is 7.14. The van der Waals surface area contributed by atoms with Crippen molar-refractivity contribution in [1.29, 1.82) is 0 Å². The molecular weight excluding hydrogens is 316 g/mol. The molecule has 1 aliphatic carbocycles. The van der Waals surface area contributed by atoms with Gasteiger partial charge in [0.25, 0.3) is 0 Å². The molecule has 23 heavy (non-hydrogen) atoms. The van der Waals surface area contributed by atoms with E-state index in [2.05, 4.69) is 15.5 Å². The number of hydrogen-bond donors (Lipinski definition) is 1. The Balaban J connectivity index is 1.46. The Morgan fingerprint density at radius 1 is 1.43 bits per heavy atom. The molecule has 1 N–H and O–H groups in total. The number of amides is 2. The highest BCUT2D eigenvalue weighted by Gasteiger charge is 2.40. The molecule has 0 aromatic carbocycles. The van der Waals surface area contributed by atoms with Gasteiger partial charge in [0.2, 0.25) is 16.9 Å². The number of aromatic nitrogens is 2. The summed E-state index contributed by atoms with van der Waals surface area (Å²) in [6, 6.07) is 0. The molecule has 1 aromatic heterocycles. The summed E-state index contributed by atoms with van der Waals surface area (Å²) in [5.41, 5.74) is 1.35. The number of methoxy groups -OCH3 is 1. The van der Waals surface area contributed by atoms with Crippen LogP contribution in [0.15, 0.2) is 5.51 Å². The molecule has 0 unspecified atom stereocenters. The lowest BCUT2D eigenvalue weighted by atomic mass is 9.77. The van der Waals surface area contributed by atoms with Crippen LogP contribution in [-0.2, 0) is 14.3 Å². The molecule has 2 heterocycles. The Hall–Kier alpha value is -1.54. The van der Waals surface area contributed by atoms with Gasteiger partial charge in [-0.25, -0.2) is 0 Å². The van der Waals surface area contributed by atoms with Crippen molar-refractivity contribution in [2.45, 2.75) is 44.1 Å². The third-order valence-corrected chi connectivity index (χ3v) is 5.59. The van der Waals surface area contributed by atoms with Crippen LogP contribution in [0.1, 0.15) is 38.5 Å². The highest BCUT2D eigenvalue weighted by atomic mass is 32.1. The molecule has 2 fully saturated rings.